The molecule has 0 aliphatic heterocycles. The van der Waals surface area contributed by atoms with Crippen molar-refractivity contribution in [2.45, 2.75) is 38.8 Å². The van der Waals surface area contributed by atoms with Crippen molar-refractivity contribution in [1.82, 2.24) is 4.90 Å². The molecular formula is C12H20F3NO2. The first-order valence-electron chi connectivity index (χ1n) is 6.30. The number of carbonyl (C=O) groups excluding carboxylic acids is 1. The smallest absolute Gasteiger partial charge is 0.395 e. The van der Waals surface area contributed by atoms with E-state index in [2.05, 4.69) is 6.92 Å². The van der Waals surface area contributed by atoms with Gasteiger partial charge in [0.15, 0.2) is 0 Å². The van der Waals surface area contributed by atoms with Crippen molar-refractivity contribution in [3.8, 4) is 0 Å². The highest BCUT2D eigenvalue weighted by molar-refractivity contribution is 5.79. The van der Waals surface area contributed by atoms with Crippen molar-refractivity contribution in [3.63, 3.8) is 0 Å². The summed E-state index contributed by atoms with van der Waals surface area (Å²) in [4.78, 5) is 12.7. The molecule has 1 aliphatic rings. The van der Waals surface area contributed by atoms with Gasteiger partial charge < -0.3 is 10.0 Å². The van der Waals surface area contributed by atoms with E-state index in [9.17, 15) is 18.0 Å². The first kappa shape index (κ1) is 15.3. The van der Waals surface area contributed by atoms with Crippen molar-refractivity contribution < 1.29 is 23.1 Å². The molecule has 1 N–H and O–H groups in total. The first-order chi connectivity index (χ1) is 8.33. The molecule has 18 heavy (non-hydrogen) atoms. The fraction of sp³-hybridized carbons (Fsp3) is 0.917. The number of carbonyl (C=O) groups is 1. The molecule has 0 spiro atoms. The second-order valence-corrected chi connectivity index (χ2v) is 5.06. The molecule has 1 saturated carbocycles. The Morgan fingerprint density at radius 1 is 1.28 bits per heavy atom. The maximum absolute atomic E-state index is 12.3. The zero-order valence-electron chi connectivity index (χ0n) is 10.5. The maximum Gasteiger partial charge on any atom is 0.406 e. The molecule has 0 aromatic rings. The second-order valence-electron chi connectivity index (χ2n) is 5.06. The van der Waals surface area contributed by atoms with Crippen LogP contribution < -0.4 is 0 Å². The minimum absolute atomic E-state index is 0.246. The Labute approximate surface area is 105 Å². The highest BCUT2D eigenvalue weighted by atomic mass is 19.4. The van der Waals surface area contributed by atoms with Crippen LogP contribution in [0.15, 0.2) is 0 Å². The minimum atomic E-state index is -4.41. The normalized spacial score (nSPS) is 24.9. The number of halogens is 3. The Bertz CT molecular complexity index is 273. The van der Waals surface area contributed by atoms with E-state index in [-0.39, 0.29) is 12.5 Å². The van der Waals surface area contributed by atoms with Crippen LogP contribution in [0.4, 0.5) is 13.2 Å². The molecule has 1 rings (SSSR count). The van der Waals surface area contributed by atoms with E-state index in [1.54, 1.807) is 0 Å². The molecule has 1 aliphatic carbocycles. The van der Waals surface area contributed by atoms with Gasteiger partial charge in [-0.05, 0) is 31.6 Å². The Balaban J connectivity index is 2.59. The van der Waals surface area contributed by atoms with Crippen LogP contribution in [0, 0.1) is 11.8 Å². The lowest BCUT2D eigenvalue weighted by Crippen LogP contribution is -2.44. The summed E-state index contributed by atoms with van der Waals surface area (Å²) in [5.41, 5.74) is 0. The summed E-state index contributed by atoms with van der Waals surface area (Å²) < 4.78 is 37.0. The average molecular weight is 267 g/mol. The first-order valence-corrected chi connectivity index (χ1v) is 6.30. The molecular weight excluding hydrogens is 247 g/mol. The van der Waals surface area contributed by atoms with Crippen LogP contribution in [0.2, 0.25) is 0 Å². The Morgan fingerprint density at radius 3 is 2.28 bits per heavy atom. The SMILES string of the molecule is CC1CCC(C(=O)N(CCO)CC(F)(F)F)CC1. The van der Waals surface area contributed by atoms with Crippen LogP contribution >= 0.6 is 0 Å². The van der Waals surface area contributed by atoms with Gasteiger partial charge in [-0.2, -0.15) is 13.2 Å². The third-order valence-electron chi connectivity index (χ3n) is 3.42. The highest BCUT2D eigenvalue weighted by Gasteiger charge is 2.35. The highest BCUT2D eigenvalue weighted by Crippen LogP contribution is 2.30. The van der Waals surface area contributed by atoms with E-state index in [0.29, 0.717) is 18.8 Å². The molecule has 0 aromatic heterocycles. The fourth-order valence-corrected chi connectivity index (χ4v) is 2.37. The Kier molecular flexibility index (Phi) is 5.44. The predicted octanol–water partition coefficient (Wildman–Crippen LogP) is 2.20. The lowest BCUT2D eigenvalue weighted by atomic mass is 9.82. The van der Waals surface area contributed by atoms with Crippen LogP contribution in [0.1, 0.15) is 32.6 Å². The van der Waals surface area contributed by atoms with E-state index in [1.165, 1.54) is 0 Å². The zero-order valence-corrected chi connectivity index (χ0v) is 10.5. The summed E-state index contributed by atoms with van der Waals surface area (Å²) >= 11 is 0. The summed E-state index contributed by atoms with van der Waals surface area (Å²) in [5.74, 6) is -0.230. The predicted molar refractivity (Wildman–Crippen MR) is 60.8 cm³/mol. The van der Waals surface area contributed by atoms with Crippen LogP contribution in [-0.2, 0) is 4.79 Å². The van der Waals surface area contributed by atoms with Crippen molar-refractivity contribution >= 4 is 5.91 Å². The van der Waals surface area contributed by atoms with Gasteiger partial charge in [0.2, 0.25) is 5.91 Å². The average Bonchev–Trinajstić information content (AvgIpc) is 2.27. The molecule has 0 aromatic carbocycles. The number of aliphatic hydroxyl groups excluding tert-OH is 1. The number of hydrogen-bond acceptors (Lipinski definition) is 2. The molecule has 1 fully saturated rings. The molecule has 6 heteroatoms. The quantitative estimate of drug-likeness (QED) is 0.848. The number of aliphatic hydroxyl groups is 1. The van der Waals surface area contributed by atoms with Crippen LogP contribution in [-0.4, -0.2) is 41.8 Å². The molecule has 1 amide bonds. The number of hydrogen-bond donors (Lipinski definition) is 1. The fourth-order valence-electron chi connectivity index (χ4n) is 2.37. The molecule has 0 bridgehead atoms. The van der Waals surface area contributed by atoms with E-state index < -0.39 is 25.2 Å². The van der Waals surface area contributed by atoms with E-state index in [0.717, 1.165) is 17.7 Å². The standard InChI is InChI=1S/C12H20F3NO2/c1-9-2-4-10(5-3-9)11(18)16(6-7-17)8-12(13,14)15/h9-10,17H,2-8H2,1H3. The van der Waals surface area contributed by atoms with Gasteiger partial charge >= 0.3 is 6.18 Å². The number of alkyl halides is 3. The number of amides is 1. The van der Waals surface area contributed by atoms with E-state index in [4.69, 9.17) is 5.11 Å². The molecule has 0 saturated heterocycles. The molecule has 106 valence electrons. The van der Waals surface area contributed by atoms with Crippen molar-refractivity contribution in [2.75, 3.05) is 19.7 Å². The molecule has 0 atom stereocenters. The summed E-state index contributed by atoms with van der Waals surface area (Å²) in [6.45, 7) is 0.135. The lowest BCUT2D eigenvalue weighted by molar-refractivity contribution is -0.165. The van der Waals surface area contributed by atoms with Gasteiger partial charge in [0.1, 0.15) is 6.54 Å². The largest absolute Gasteiger partial charge is 0.406 e. The van der Waals surface area contributed by atoms with Crippen molar-refractivity contribution in [1.29, 1.82) is 0 Å². The molecule has 0 heterocycles. The van der Waals surface area contributed by atoms with E-state index in [1.807, 2.05) is 0 Å². The third-order valence-corrected chi connectivity index (χ3v) is 3.42. The van der Waals surface area contributed by atoms with Gasteiger partial charge in [-0.25, -0.2) is 0 Å². The van der Waals surface area contributed by atoms with Crippen molar-refractivity contribution in [2.24, 2.45) is 11.8 Å². The van der Waals surface area contributed by atoms with Crippen LogP contribution in [0.3, 0.4) is 0 Å². The summed E-state index contributed by atoms with van der Waals surface area (Å²) in [6.07, 6.45) is -1.34. The third kappa shape index (κ3) is 4.84. The van der Waals surface area contributed by atoms with Crippen LogP contribution in [0.25, 0.3) is 0 Å². The monoisotopic (exact) mass is 267 g/mol. The van der Waals surface area contributed by atoms with Gasteiger partial charge in [-0.3, -0.25) is 4.79 Å². The minimum Gasteiger partial charge on any atom is -0.395 e. The molecule has 3 nitrogen and oxygen atoms in total. The van der Waals surface area contributed by atoms with Gasteiger partial charge in [-0.1, -0.05) is 6.92 Å². The molecule has 0 unspecified atom stereocenters. The van der Waals surface area contributed by atoms with Crippen molar-refractivity contribution in [3.05, 3.63) is 0 Å². The van der Waals surface area contributed by atoms with Gasteiger partial charge in [0.25, 0.3) is 0 Å². The number of rotatable bonds is 4. The summed E-state index contributed by atoms with van der Waals surface area (Å²) in [7, 11) is 0. The summed E-state index contributed by atoms with van der Waals surface area (Å²) in [5, 5.41) is 8.76. The second kappa shape index (κ2) is 6.41. The zero-order chi connectivity index (χ0) is 13.8. The lowest BCUT2D eigenvalue weighted by Gasteiger charge is -2.31. The Hall–Kier alpha value is -0.780. The molecule has 0 radical (unpaired) electrons. The topological polar surface area (TPSA) is 40.5 Å². The summed E-state index contributed by atoms with van der Waals surface area (Å²) in [6, 6.07) is 0. The van der Waals surface area contributed by atoms with Gasteiger partial charge in [0.05, 0.1) is 6.61 Å². The van der Waals surface area contributed by atoms with Gasteiger partial charge in [-0.15, -0.1) is 0 Å². The maximum atomic E-state index is 12.3. The number of nitrogens with zero attached hydrogens (tertiary/aromatic N) is 1. The van der Waals surface area contributed by atoms with E-state index >= 15 is 0 Å². The Morgan fingerprint density at radius 2 is 1.83 bits per heavy atom. The van der Waals surface area contributed by atoms with Crippen LogP contribution in [0.5, 0.6) is 0 Å². The van der Waals surface area contributed by atoms with Gasteiger partial charge in [0, 0.05) is 12.5 Å².